The van der Waals surface area contributed by atoms with Crippen molar-refractivity contribution < 1.29 is 30.9 Å². The molecule has 1 aliphatic rings. The predicted molar refractivity (Wildman–Crippen MR) is 85.6 cm³/mol. The molecule has 0 unspecified atom stereocenters. The Morgan fingerprint density at radius 3 is 2.37 bits per heavy atom. The number of aromatic nitrogens is 2. The summed E-state index contributed by atoms with van der Waals surface area (Å²) in [5.41, 5.74) is 0.188. The fraction of sp³-hybridized carbons (Fsp3) is 0.357. The van der Waals surface area contributed by atoms with Crippen LogP contribution >= 0.6 is 0 Å². The summed E-state index contributed by atoms with van der Waals surface area (Å²) < 4.78 is 69.1. The van der Waals surface area contributed by atoms with Gasteiger partial charge >= 0.3 is 22.3 Å². The lowest BCUT2D eigenvalue weighted by molar-refractivity contribution is -0.159. The minimum Gasteiger partial charge on any atom is -0.329 e. The second kappa shape index (κ2) is 7.25. The summed E-state index contributed by atoms with van der Waals surface area (Å²) in [4.78, 5) is 15.4. The van der Waals surface area contributed by atoms with E-state index in [1.165, 1.54) is 24.3 Å². The number of hydrogen-bond acceptors (Lipinski definition) is 7. The van der Waals surface area contributed by atoms with Gasteiger partial charge in [0.2, 0.25) is 5.82 Å². The van der Waals surface area contributed by atoms with Gasteiger partial charge in [-0.3, -0.25) is 4.79 Å². The van der Waals surface area contributed by atoms with E-state index in [2.05, 4.69) is 20.0 Å². The van der Waals surface area contributed by atoms with Gasteiger partial charge in [-0.25, -0.2) is 4.72 Å². The number of rotatable bonds is 4. The number of benzene rings is 1. The maximum atomic E-state index is 12.5. The summed E-state index contributed by atoms with van der Waals surface area (Å²) in [5, 5.41) is 6.23. The second-order valence-electron chi connectivity index (χ2n) is 5.58. The Bertz CT molecular complexity index is 921. The largest absolute Gasteiger partial charge is 0.471 e. The summed E-state index contributed by atoms with van der Waals surface area (Å²) in [7, 11) is -3.98. The quantitative estimate of drug-likeness (QED) is 0.766. The highest BCUT2D eigenvalue weighted by molar-refractivity contribution is 7.87. The molecule has 2 aromatic rings. The summed E-state index contributed by atoms with van der Waals surface area (Å²) in [5.74, 6) is -2.65. The average Bonchev–Trinajstić information content (AvgIpc) is 3.13. The van der Waals surface area contributed by atoms with E-state index < -0.39 is 28.2 Å². The molecule has 0 aliphatic carbocycles. The maximum Gasteiger partial charge on any atom is 0.471 e. The Labute approximate surface area is 151 Å². The number of hydrogen-bond donors (Lipinski definition) is 2. The molecular weight excluding hydrogens is 391 g/mol. The monoisotopic (exact) mass is 405 g/mol. The highest BCUT2D eigenvalue weighted by Crippen LogP contribution is 2.29. The molecule has 1 amide bonds. The number of alkyl halides is 3. The fourth-order valence-electron chi connectivity index (χ4n) is 2.35. The number of piperazine rings is 1. The lowest BCUT2D eigenvalue weighted by Crippen LogP contribution is -2.51. The molecule has 0 spiro atoms. The highest BCUT2D eigenvalue weighted by Gasteiger charge is 2.38. The molecule has 27 heavy (non-hydrogen) atoms. The van der Waals surface area contributed by atoms with Crippen molar-refractivity contribution in [3.8, 4) is 11.4 Å². The molecule has 0 atom stereocenters. The van der Waals surface area contributed by atoms with Crippen LogP contribution in [0.2, 0.25) is 0 Å². The van der Waals surface area contributed by atoms with Crippen LogP contribution in [0.4, 0.5) is 13.2 Å². The first kappa shape index (κ1) is 19.3. The molecule has 0 bridgehead atoms. The van der Waals surface area contributed by atoms with Crippen molar-refractivity contribution in [3.63, 3.8) is 0 Å². The molecule has 0 saturated carbocycles. The van der Waals surface area contributed by atoms with Crippen molar-refractivity contribution >= 4 is 16.1 Å². The van der Waals surface area contributed by atoms with Gasteiger partial charge < -0.3 is 9.84 Å². The van der Waals surface area contributed by atoms with Crippen molar-refractivity contribution in [1.82, 2.24) is 24.5 Å². The summed E-state index contributed by atoms with van der Waals surface area (Å²) in [6.07, 6.45) is -4.76. The highest BCUT2D eigenvalue weighted by atomic mass is 32.2. The Kier molecular flexibility index (Phi) is 5.17. The number of amides is 1. The Balaban J connectivity index is 1.71. The fourth-order valence-corrected chi connectivity index (χ4v) is 3.50. The summed E-state index contributed by atoms with van der Waals surface area (Å²) >= 11 is 0. The molecule has 1 fully saturated rings. The van der Waals surface area contributed by atoms with Crippen molar-refractivity contribution in [2.45, 2.75) is 6.18 Å². The molecule has 1 aromatic heterocycles. The zero-order valence-corrected chi connectivity index (χ0v) is 14.5. The van der Waals surface area contributed by atoms with E-state index in [0.29, 0.717) is 13.1 Å². The molecule has 13 heteroatoms. The molecule has 1 aromatic carbocycles. The van der Waals surface area contributed by atoms with Gasteiger partial charge in [0.25, 0.3) is 5.91 Å². The minimum absolute atomic E-state index is 0.0111. The Hall–Kier alpha value is -2.51. The van der Waals surface area contributed by atoms with Crippen molar-refractivity contribution in [3.05, 3.63) is 35.7 Å². The van der Waals surface area contributed by atoms with Gasteiger partial charge in [0.05, 0.1) is 0 Å². The van der Waals surface area contributed by atoms with E-state index in [1.807, 2.05) is 4.72 Å². The van der Waals surface area contributed by atoms with Crippen LogP contribution in [-0.2, 0) is 16.4 Å². The van der Waals surface area contributed by atoms with Gasteiger partial charge in [-0.1, -0.05) is 17.3 Å². The van der Waals surface area contributed by atoms with Crippen LogP contribution in [0, 0.1) is 0 Å². The van der Waals surface area contributed by atoms with E-state index in [-0.39, 0.29) is 30.0 Å². The van der Waals surface area contributed by atoms with Crippen LogP contribution in [0.5, 0.6) is 0 Å². The van der Waals surface area contributed by atoms with Gasteiger partial charge in [-0.05, 0) is 12.1 Å². The molecule has 3 rings (SSSR count). The van der Waals surface area contributed by atoms with Crippen molar-refractivity contribution in [2.24, 2.45) is 0 Å². The smallest absolute Gasteiger partial charge is 0.329 e. The molecule has 146 valence electrons. The van der Waals surface area contributed by atoms with Crippen LogP contribution in [0.3, 0.4) is 0 Å². The van der Waals surface area contributed by atoms with Gasteiger partial charge in [0, 0.05) is 37.3 Å². The van der Waals surface area contributed by atoms with Gasteiger partial charge in [-0.15, -0.1) is 0 Å². The summed E-state index contributed by atoms with van der Waals surface area (Å²) in [6, 6.07) is 5.08. The zero-order valence-electron chi connectivity index (χ0n) is 13.7. The third-order valence-electron chi connectivity index (χ3n) is 3.71. The van der Waals surface area contributed by atoms with Crippen LogP contribution in [-0.4, -0.2) is 54.9 Å². The first-order chi connectivity index (χ1) is 12.7. The zero-order chi connectivity index (χ0) is 19.7. The average molecular weight is 405 g/mol. The van der Waals surface area contributed by atoms with Crippen molar-refractivity contribution in [2.75, 3.05) is 26.2 Å². The first-order valence-electron chi connectivity index (χ1n) is 7.71. The predicted octanol–water partition coefficient (Wildman–Crippen LogP) is 0.635. The maximum absolute atomic E-state index is 12.5. The molecule has 2 heterocycles. The molecular formula is C14H14F3N5O4S. The normalized spacial score (nSPS) is 16.3. The van der Waals surface area contributed by atoms with E-state index in [0.717, 1.165) is 4.31 Å². The standard InChI is InChI=1S/C14H14F3N5O4S/c15-14(16,17)13-19-11(20-26-13)9-1-3-10(4-2-9)12(23)21-27(24,25)22-7-5-18-6-8-22/h1-4,18H,5-8H2,(H,21,23). The third-order valence-corrected chi connectivity index (χ3v) is 5.20. The molecule has 1 saturated heterocycles. The van der Waals surface area contributed by atoms with Gasteiger partial charge in [0.15, 0.2) is 0 Å². The first-order valence-corrected chi connectivity index (χ1v) is 9.15. The number of nitrogens with zero attached hydrogens (tertiary/aromatic N) is 3. The van der Waals surface area contributed by atoms with E-state index in [1.54, 1.807) is 0 Å². The topological polar surface area (TPSA) is 117 Å². The number of carbonyl (C=O) groups is 1. The summed E-state index contributed by atoms with van der Waals surface area (Å²) in [6.45, 7) is 1.44. The van der Waals surface area contributed by atoms with Crippen LogP contribution in [0.25, 0.3) is 11.4 Å². The molecule has 1 aliphatic heterocycles. The Morgan fingerprint density at radius 1 is 1.19 bits per heavy atom. The van der Waals surface area contributed by atoms with E-state index in [9.17, 15) is 26.4 Å². The molecule has 9 nitrogen and oxygen atoms in total. The van der Waals surface area contributed by atoms with Crippen molar-refractivity contribution in [1.29, 1.82) is 0 Å². The van der Waals surface area contributed by atoms with Gasteiger partial charge in [-0.2, -0.15) is 30.9 Å². The van der Waals surface area contributed by atoms with E-state index in [4.69, 9.17) is 0 Å². The minimum atomic E-state index is -4.76. The third kappa shape index (κ3) is 4.43. The number of carbonyl (C=O) groups excluding carboxylic acids is 1. The van der Waals surface area contributed by atoms with Crippen LogP contribution in [0.1, 0.15) is 16.2 Å². The van der Waals surface area contributed by atoms with E-state index >= 15 is 0 Å². The molecule has 0 radical (unpaired) electrons. The lowest BCUT2D eigenvalue weighted by atomic mass is 10.1. The SMILES string of the molecule is O=C(NS(=O)(=O)N1CCNCC1)c1ccc(-c2noc(C(F)(F)F)n2)cc1. The van der Waals surface area contributed by atoms with Gasteiger partial charge in [0.1, 0.15) is 0 Å². The van der Waals surface area contributed by atoms with Crippen LogP contribution in [0.15, 0.2) is 28.8 Å². The second-order valence-corrected chi connectivity index (χ2v) is 7.25. The lowest BCUT2D eigenvalue weighted by Gasteiger charge is -2.26. The number of halogens is 3. The Morgan fingerprint density at radius 2 is 1.81 bits per heavy atom. The van der Waals surface area contributed by atoms with Crippen LogP contribution < -0.4 is 10.0 Å². The number of nitrogens with one attached hydrogen (secondary N) is 2. The molecule has 2 N–H and O–H groups in total.